The molecule has 5 nitrogen and oxygen atoms in total. The molecule has 0 saturated heterocycles. The highest BCUT2D eigenvalue weighted by Crippen LogP contribution is 2.40. The summed E-state index contributed by atoms with van der Waals surface area (Å²) in [5.74, 6) is 0.395. The number of aromatic amines is 1. The Bertz CT molecular complexity index is 1370. The molecule has 33 heavy (non-hydrogen) atoms. The Morgan fingerprint density at radius 1 is 1.09 bits per heavy atom. The number of pyridine rings is 2. The van der Waals surface area contributed by atoms with Gasteiger partial charge in [0.15, 0.2) is 7.85 Å². The lowest BCUT2D eigenvalue weighted by Gasteiger charge is -2.45. The topological polar surface area (TPSA) is 65.0 Å². The molecule has 0 aliphatic carbocycles. The summed E-state index contributed by atoms with van der Waals surface area (Å²) in [4.78, 5) is 14.6. The van der Waals surface area contributed by atoms with E-state index >= 15 is 0 Å². The van der Waals surface area contributed by atoms with Crippen LogP contribution in [0.25, 0.3) is 22.3 Å². The summed E-state index contributed by atoms with van der Waals surface area (Å²) in [6.45, 7) is 11.1. The number of benzene rings is 1. The maximum Gasteiger partial charge on any atom is 0.151 e. The molecule has 1 unspecified atom stereocenters. The fraction of sp³-hybridized carbons (Fsp3) is 0.333. The van der Waals surface area contributed by atoms with Gasteiger partial charge in [0.05, 0.1) is 11.4 Å². The van der Waals surface area contributed by atoms with E-state index in [9.17, 15) is 5.11 Å². The molecule has 3 aromatic heterocycles. The van der Waals surface area contributed by atoms with E-state index in [1.54, 1.807) is 0 Å². The van der Waals surface area contributed by atoms with E-state index in [-0.39, 0.29) is 0 Å². The lowest BCUT2D eigenvalue weighted by atomic mass is 9.75. The number of rotatable bonds is 3. The monoisotopic (exact) mass is 436 g/mol. The molecule has 0 spiro atoms. The third kappa shape index (κ3) is 3.44. The predicted octanol–water partition coefficient (Wildman–Crippen LogP) is 5.01. The van der Waals surface area contributed by atoms with E-state index in [4.69, 9.17) is 12.8 Å². The molecule has 0 bridgehead atoms. The number of H-pyrrole nitrogens is 1. The first-order valence-electron chi connectivity index (χ1n) is 11.5. The molecular formula is C27H29BN4O. The highest BCUT2D eigenvalue weighted by Gasteiger charge is 2.39. The minimum Gasteiger partial charge on any atom is -0.376 e. The molecule has 0 fully saturated rings. The standard InChI is InChI=1S/C27H29BN4O/c1-15(2)19-7-6-16(3)23(13-19)32-11-9-21-25(27(32,28)33)17(4)12-22(31-21)24-18(5)14-30-26-20(24)8-10-29-26/h6-8,10,12-15,33H,9,11H2,1-5H3,(H,29,30). The van der Waals surface area contributed by atoms with Gasteiger partial charge in [0.25, 0.3) is 0 Å². The zero-order chi connectivity index (χ0) is 23.5. The van der Waals surface area contributed by atoms with Crippen molar-refractivity contribution in [3.63, 3.8) is 0 Å². The Morgan fingerprint density at radius 3 is 2.64 bits per heavy atom. The summed E-state index contributed by atoms with van der Waals surface area (Å²) in [7, 11) is 6.68. The number of aromatic nitrogens is 3. The maximum absolute atomic E-state index is 11.7. The van der Waals surface area contributed by atoms with Gasteiger partial charge in [-0.3, -0.25) is 4.98 Å². The minimum absolute atomic E-state index is 0.395. The average molecular weight is 436 g/mol. The minimum atomic E-state index is -1.64. The van der Waals surface area contributed by atoms with E-state index in [1.165, 1.54) is 5.56 Å². The molecule has 166 valence electrons. The Labute approximate surface area is 196 Å². The van der Waals surface area contributed by atoms with Crippen LogP contribution < -0.4 is 4.90 Å². The Kier molecular flexibility index (Phi) is 5.09. The number of hydrogen-bond donors (Lipinski definition) is 2. The summed E-state index contributed by atoms with van der Waals surface area (Å²) >= 11 is 0. The van der Waals surface area contributed by atoms with Crippen LogP contribution in [0.1, 0.15) is 53.3 Å². The Hall–Kier alpha value is -3.12. The number of nitrogens with one attached hydrogen (secondary N) is 1. The van der Waals surface area contributed by atoms with E-state index in [0.29, 0.717) is 24.4 Å². The lowest BCUT2D eigenvalue weighted by Crippen LogP contribution is -2.52. The van der Waals surface area contributed by atoms with Gasteiger partial charge < -0.3 is 15.0 Å². The van der Waals surface area contributed by atoms with Gasteiger partial charge in [-0.2, -0.15) is 0 Å². The van der Waals surface area contributed by atoms with E-state index in [0.717, 1.165) is 50.4 Å². The number of nitrogens with zero attached hydrogens (tertiary/aromatic N) is 3. The number of fused-ring (bicyclic) bond motifs is 2. The van der Waals surface area contributed by atoms with Crippen molar-refractivity contribution in [3.8, 4) is 11.3 Å². The van der Waals surface area contributed by atoms with E-state index < -0.39 is 5.62 Å². The van der Waals surface area contributed by atoms with E-state index in [1.807, 2.05) is 36.4 Å². The van der Waals surface area contributed by atoms with Crippen molar-refractivity contribution in [2.75, 3.05) is 11.4 Å². The SMILES string of the molecule is [B]C1(O)c2c(C)cc(-c3c(C)cnc4[nH]ccc34)nc2CCN1c1cc(C(C)C)ccc1C. The van der Waals surface area contributed by atoms with Gasteiger partial charge in [-0.15, -0.1) is 0 Å². The van der Waals surface area contributed by atoms with Gasteiger partial charge >= 0.3 is 0 Å². The van der Waals surface area contributed by atoms with Crippen LogP contribution in [0, 0.1) is 20.8 Å². The smallest absolute Gasteiger partial charge is 0.151 e. The zero-order valence-corrected chi connectivity index (χ0v) is 19.9. The summed E-state index contributed by atoms with van der Waals surface area (Å²) in [5, 5.41) is 12.7. The molecule has 0 amide bonds. The lowest BCUT2D eigenvalue weighted by molar-refractivity contribution is 0.114. The van der Waals surface area contributed by atoms with Crippen molar-refractivity contribution in [1.82, 2.24) is 15.0 Å². The largest absolute Gasteiger partial charge is 0.376 e. The molecule has 2 N–H and O–H groups in total. The summed E-state index contributed by atoms with van der Waals surface area (Å²) in [6, 6.07) is 10.5. The molecule has 1 aromatic carbocycles. The summed E-state index contributed by atoms with van der Waals surface area (Å²) in [6.07, 6.45) is 4.47. The number of hydrogen-bond acceptors (Lipinski definition) is 4. The molecule has 0 saturated carbocycles. The normalized spacial score (nSPS) is 18.2. The molecular weight excluding hydrogens is 407 g/mol. The fourth-order valence-electron chi connectivity index (χ4n) is 5.10. The molecule has 1 aliphatic rings. The molecule has 5 rings (SSSR count). The van der Waals surface area contributed by atoms with Crippen LogP contribution in [0.4, 0.5) is 5.69 Å². The predicted molar refractivity (Wildman–Crippen MR) is 135 cm³/mol. The van der Waals surface area contributed by atoms with Crippen molar-refractivity contribution in [1.29, 1.82) is 0 Å². The second-order valence-corrected chi connectivity index (χ2v) is 9.53. The molecule has 4 aromatic rings. The number of aryl methyl sites for hydroxylation is 3. The third-order valence-corrected chi connectivity index (χ3v) is 6.87. The molecule has 1 aliphatic heterocycles. The highest BCUT2D eigenvalue weighted by atomic mass is 16.3. The molecule has 2 radical (unpaired) electrons. The quantitative estimate of drug-likeness (QED) is 0.444. The second kappa shape index (κ2) is 7.74. The van der Waals surface area contributed by atoms with Crippen LogP contribution in [0.2, 0.25) is 0 Å². The van der Waals surface area contributed by atoms with Crippen LogP contribution in [0.5, 0.6) is 0 Å². The van der Waals surface area contributed by atoms with Gasteiger partial charge in [0, 0.05) is 47.6 Å². The molecule has 1 atom stereocenters. The van der Waals surface area contributed by atoms with Crippen molar-refractivity contribution in [2.24, 2.45) is 0 Å². The highest BCUT2D eigenvalue weighted by molar-refractivity contribution is 6.16. The molecule has 6 heteroatoms. The van der Waals surface area contributed by atoms with E-state index in [2.05, 4.69) is 55.9 Å². The van der Waals surface area contributed by atoms with Crippen LogP contribution in [0.3, 0.4) is 0 Å². The average Bonchev–Trinajstić information content (AvgIpc) is 3.22. The maximum atomic E-state index is 11.7. The van der Waals surface area contributed by atoms with Crippen LogP contribution in [-0.2, 0) is 12.0 Å². The third-order valence-electron chi connectivity index (χ3n) is 6.87. The first-order chi connectivity index (χ1) is 15.7. The van der Waals surface area contributed by atoms with Gasteiger partial charge in [-0.25, -0.2) is 4.98 Å². The van der Waals surface area contributed by atoms with Gasteiger partial charge in [-0.1, -0.05) is 26.0 Å². The summed E-state index contributed by atoms with van der Waals surface area (Å²) in [5.41, 5.74) is 8.00. The second-order valence-electron chi connectivity index (χ2n) is 9.53. The van der Waals surface area contributed by atoms with Gasteiger partial charge in [0.2, 0.25) is 0 Å². The summed E-state index contributed by atoms with van der Waals surface area (Å²) < 4.78 is 0. The van der Waals surface area contributed by atoms with Crippen molar-refractivity contribution < 1.29 is 5.11 Å². The Balaban J connectivity index is 1.63. The van der Waals surface area contributed by atoms with Crippen LogP contribution >= 0.6 is 0 Å². The fourth-order valence-corrected chi connectivity index (χ4v) is 5.10. The van der Waals surface area contributed by atoms with Gasteiger partial charge in [-0.05, 0) is 67.1 Å². The zero-order valence-electron chi connectivity index (χ0n) is 19.9. The Morgan fingerprint density at radius 2 is 1.88 bits per heavy atom. The molecule has 4 heterocycles. The first-order valence-corrected chi connectivity index (χ1v) is 11.5. The first kappa shape index (κ1) is 21.7. The van der Waals surface area contributed by atoms with Crippen molar-refractivity contribution in [3.05, 3.63) is 76.2 Å². The number of aliphatic hydroxyl groups is 1. The van der Waals surface area contributed by atoms with Gasteiger partial charge in [0.1, 0.15) is 11.3 Å². The van der Waals surface area contributed by atoms with Crippen LogP contribution in [0.15, 0.2) is 42.7 Å². The number of anilines is 1. The van der Waals surface area contributed by atoms with Crippen molar-refractivity contribution in [2.45, 2.75) is 52.6 Å². The van der Waals surface area contributed by atoms with Crippen molar-refractivity contribution >= 4 is 24.6 Å². The van der Waals surface area contributed by atoms with Crippen LogP contribution in [-0.4, -0.2) is 34.4 Å².